The standard InChI is InChI=1S/C15H20N2S/c16-13(8-11-4-2-1-3-5-11)12-9-15-14(17-10-12)6-7-18-15/h6-7,9-11,13H,1-5,8,16H2. The maximum absolute atomic E-state index is 6.35. The zero-order chi connectivity index (χ0) is 12.4. The molecule has 0 spiro atoms. The highest BCUT2D eigenvalue weighted by atomic mass is 32.1. The summed E-state index contributed by atoms with van der Waals surface area (Å²) >= 11 is 1.75. The van der Waals surface area contributed by atoms with Crippen molar-refractivity contribution in [3.63, 3.8) is 0 Å². The molecule has 0 saturated heterocycles. The van der Waals surface area contributed by atoms with E-state index in [0.29, 0.717) is 0 Å². The van der Waals surface area contributed by atoms with Crippen LogP contribution in [-0.4, -0.2) is 4.98 Å². The Kier molecular flexibility index (Phi) is 3.62. The van der Waals surface area contributed by atoms with Gasteiger partial charge in [-0.1, -0.05) is 32.1 Å². The third-order valence-corrected chi connectivity index (χ3v) is 4.92. The van der Waals surface area contributed by atoms with Crippen molar-refractivity contribution in [2.24, 2.45) is 11.7 Å². The average Bonchev–Trinajstić information content (AvgIpc) is 2.87. The second kappa shape index (κ2) is 5.37. The summed E-state index contributed by atoms with van der Waals surface area (Å²) in [5.41, 5.74) is 8.65. The molecule has 3 rings (SSSR count). The first-order chi connectivity index (χ1) is 8.83. The smallest absolute Gasteiger partial charge is 0.0809 e. The Bertz CT molecular complexity index is 514. The van der Waals surface area contributed by atoms with Crippen molar-refractivity contribution >= 4 is 21.6 Å². The molecule has 1 unspecified atom stereocenters. The Morgan fingerprint density at radius 2 is 2.17 bits per heavy atom. The van der Waals surface area contributed by atoms with Gasteiger partial charge in [-0.2, -0.15) is 0 Å². The molecule has 1 aliphatic carbocycles. The lowest BCUT2D eigenvalue weighted by molar-refractivity contribution is 0.319. The lowest BCUT2D eigenvalue weighted by atomic mass is 9.84. The maximum atomic E-state index is 6.35. The fourth-order valence-electron chi connectivity index (χ4n) is 2.98. The first kappa shape index (κ1) is 12.1. The van der Waals surface area contributed by atoms with Crippen LogP contribution in [0.2, 0.25) is 0 Å². The lowest BCUT2D eigenvalue weighted by Gasteiger charge is -2.24. The first-order valence-corrected chi connectivity index (χ1v) is 7.79. The van der Waals surface area contributed by atoms with Crippen LogP contribution < -0.4 is 5.73 Å². The Balaban J connectivity index is 1.72. The highest BCUT2D eigenvalue weighted by Crippen LogP contribution is 2.31. The molecule has 0 amide bonds. The predicted molar refractivity (Wildman–Crippen MR) is 77.7 cm³/mol. The Morgan fingerprint density at radius 1 is 1.33 bits per heavy atom. The molecule has 0 bridgehead atoms. The van der Waals surface area contributed by atoms with Gasteiger partial charge >= 0.3 is 0 Å². The van der Waals surface area contributed by atoms with Gasteiger partial charge in [-0.3, -0.25) is 4.98 Å². The maximum Gasteiger partial charge on any atom is 0.0809 e. The van der Waals surface area contributed by atoms with Crippen molar-refractivity contribution in [3.8, 4) is 0 Å². The van der Waals surface area contributed by atoms with Gasteiger partial charge in [0.1, 0.15) is 0 Å². The van der Waals surface area contributed by atoms with Crippen molar-refractivity contribution in [3.05, 3.63) is 29.3 Å². The highest BCUT2D eigenvalue weighted by molar-refractivity contribution is 7.17. The van der Waals surface area contributed by atoms with Gasteiger partial charge in [-0.25, -0.2) is 0 Å². The van der Waals surface area contributed by atoms with Gasteiger partial charge in [0.15, 0.2) is 0 Å². The molecule has 1 aliphatic rings. The summed E-state index contributed by atoms with van der Waals surface area (Å²) in [7, 11) is 0. The molecule has 3 heteroatoms. The van der Waals surface area contributed by atoms with Crippen LogP contribution >= 0.6 is 11.3 Å². The molecule has 0 aliphatic heterocycles. The van der Waals surface area contributed by atoms with Gasteiger partial charge in [0.25, 0.3) is 0 Å². The summed E-state index contributed by atoms with van der Waals surface area (Å²) in [5, 5.41) is 2.09. The quantitative estimate of drug-likeness (QED) is 0.895. The molecule has 2 nitrogen and oxygen atoms in total. The van der Waals surface area contributed by atoms with Crippen LogP contribution in [0.15, 0.2) is 23.7 Å². The Labute approximate surface area is 112 Å². The van der Waals surface area contributed by atoms with Crippen LogP contribution in [0.5, 0.6) is 0 Å². The minimum atomic E-state index is 0.159. The summed E-state index contributed by atoms with van der Waals surface area (Å²) < 4.78 is 1.26. The minimum Gasteiger partial charge on any atom is -0.324 e. The van der Waals surface area contributed by atoms with E-state index in [1.165, 1.54) is 42.4 Å². The van der Waals surface area contributed by atoms with E-state index in [1.54, 1.807) is 11.3 Å². The summed E-state index contributed by atoms with van der Waals surface area (Å²) in [5.74, 6) is 0.827. The van der Waals surface area contributed by atoms with E-state index in [2.05, 4.69) is 22.5 Å². The Hall–Kier alpha value is -0.930. The van der Waals surface area contributed by atoms with E-state index in [-0.39, 0.29) is 6.04 Å². The number of thiophene rings is 1. The second-order valence-electron chi connectivity index (χ2n) is 5.42. The molecule has 1 saturated carbocycles. The molecule has 1 atom stereocenters. The number of hydrogen-bond acceptors (Lipinski definition) is 3. The second-order valence-corrected chi connectivity index (χ2v) is 6.37. The summed E-state index contributed by atoms with van der Waals surface area (Å²) in [6.45, 7) is 0. The van der Waals surface area contributed by atoms with E-state index in [4.69, 9.17) is 5.73 Å². The van der Waals surface area contributed by atoms with Gasteiger partial charge in [0.05, 0.1) is 10.2 Å². The number of pyridine rings is 1. The molecular formula is C15H20N2S. The van der Waals surface area contributed by atoms with Crippen molar-refractivity contribution < 1.29 is 0 Å². The summed E-state index contributed by atoms with van der Waals surface area (Å²) in [6, 6.07) is 4.45. The highest BCUT2D eigenvalue weighted by Gasteiger charge is 2.18. The largest absolute Gasteiger partial charge is 0.324 e. The van der Waals surface area contributed by atoms with E-state index in [9.17, 15) is 0 Å². The van der Waals surface area contributed by atoms with Crippen LogP contribution in [0.3, 0.4) is 0 Å². The topological polar surface area (TPSA) is 38.9 Å². The van der Waals surface area contributed by atoms with Gasteiger partial charge < -0.3 is 5.73 Å². The van der Waals surface area contributed by atoms with E-state index < -0.39 is 0 Å². The van der Waals surface area contributed by atoms with Gasteiger partial charge in [-0.05, 0) is 35.4 Å². The van der Waals surface area contributed by atoms with Crippen molar-refractivity contribution in [2.45, 2.75) is 44.6 Å². The molecule has 1 fully saturated rings. The van der Waals surface area contributed by atoms with Crippen LogP contribution in [0.25, 0.3) is 10.2 Å². The number of fused-ring (bicyclic) bond motifs is 1. The zero-order valence-electron chi connectivity index (χ0n) is 10.6. The molecule has 0 radical (unpaired) electrons. The van der Waals surface area contributed by atoms with Gasteiger partial charge in [0.2, 0.25) is 0 Å². The van der Waals surface area contributed by atoms with E-state index in [0.717, 1.165) is 17.9 Å². The van der Waals surface area contributed by atoms with Crippen LogP contribution in [0.4, 0.5) is 0 Å². The third kappa shape index (κ3) is 2.57. The van der Waals surface area contributed by atoms with Crippen molar-refractivity contribution in [1.29, 1.82) is 0 Å². The summed E-state index contributed by atoms with van der Waals surface area (Å²) in [4.78, 5) is 4.49. The molecule has 2 aromatic rings. The number of rotatable bonds is 3. The van der Waals surface area contributed by atoms with E-state index in [1.807, 2.05) is 6.20 Å². The molecular weight excluding hydrogens is 240 g/mol. The first-order valence-electron chi connectivity index (χ1n) is 6.91. The summed E-state index contributed by atoms with van der Waals surface area (Å²) in [6.07, 6.45) is 10.00. The lowest BCUT2D eigenvalue weighted by Crippen LogP contribution is -2.17. The number of nitrogens with two attached hydrogens (primary N) is 1. The molecule has 2 N–H and O–H groups in total. The number of nitrogens with zero attached hydrogens (tertiary/aromatic N) is 1. The minimum absolute atomic E-state index is 0.159. The molecule has 18 heavy (non-hydrogen) atoms. The molecule has 2 aromatic heterocycles. The predicted octanol–water partition coefficient (Wildman–Crippen LogP) is 4.27. The van der Waals surface area contributed by atoms with Crippen molar-refractivity contribution in [2.75, 3.05) is 0 Å². The zero-order valence-corrected chi connectivity index (χ0v) is 11.5. The monoisotopic (exact) mass is 260 g/mol. The Morgan fingerprint density at radius 3 is 3.00 bits per heavy atom. The molecule has 0 aromatic carbocycles. The SMILES string of the molecule is NC(CC1CCCCC1)c1cnc2ccsc2c1. The van der Waals surface area contributed by atoms with Crippen LogP contribution in [-0.2, 0) is 0 Å². The van der Waals surface area contributed by atoms with Gasteiger partial charge in [-0.15, -0.1) is 11.3 Å². The van der Waals surface area contributed by atoms with E-state index >= 15 is 0 Å². The fraction of sp³-hybridized carbons (Fsp3) is 0.533. The number of aromatic nitrogens is 1. The number of hydrogen-bond donors (Lipinski definition) is 1. The van der Waals surface area contributed by atoms with Crippen LogP contribution in [0, 0.1) is 5.92 Å². The fourth-order valence-corrected chi connectivity index (χ4v) is 3.77. The van der Waals surface area contributed by atoms with Crippen molar-refractivity contribution in [1.82, 2.24) is 4.98 Å². The van der Waals surface area contributed by atoms with Crippen LogP contribution in [0.1, 0.15) is 50.1 Å². The molecule has 96 valence electrons. The third-order valence-electron chi connectivity index (χ3n) is 4.06. The van der Waals surface area contributed by atoms with Gasteiger partial charge in [0, 0.05) is 12.2 Å². The molecule has 2 heterocycles. The normalized spacial score (nSPS) is 19.2. The average molecular weight is 260 g/mol.